The van der Waals surface area contributed by atoms with E-state index in [-0.39, 0.29) is 17.6 Å². The van der Waals surface area contributed by atoms with Crippen molar-refractivity contribution >= 4 is 11.8 Å². The molecule has 3 rings (SSSR count). The van der Waals surface area contributed by atoms with Gasteiger partial charge >= 0.3 is 0 Å². The molecule has 1 aliphatic rings. The van der Waals surface area contributed by atoms with Gasteiger partial charge in [0.2, 0.25) is 11.8 Å². The third-order valence-corrected chi connectivity index (χ3v) is 5.48. The van der Waals surface area contributed by atoms with Gasteiger partial charge in [0.05, 0.1) is 18.9 Å². The van der Waals surface area contributed by atoms with Crippen LogP contribution < -0.4 is 10.1 Å². The Morgan fingerprint density at radius 1 is 1.10 bits per heavy atom. The fourth-order valence-corrected chi connectivity index (χ4v) is 3.67. The molecule has 1 atom stereocenters. The maximum Gasteiger partial charge on any atom is 0.227 e. The van der Waals surface area contributed by atoms with Gasteiger partial charge in [-0.15, -0.1) is 0 Å². The van der Waals surface area contributed by atoms with Gasteiger partial charge < -0.3 is 15.0 Å². The monoisotopic (exact) mass is 398 g/mol. The number of ether oxygens (including phenoxy) is 1. The summed E-state index contributed by atoms with van der Waals surface area (Å²) < 4.78 is 18.2. The summed E-state index contributed by atoms with van der Waals surface area (Å²) in [6.45, 7) is 3.31. The summed E-state index contributed by atoms with van der Waals surface area (Å²) in [7, 11) is 1.61. The largest absolute Gasteiger partial charge is 0.497 e. The first kappa shape index (κ1) is 20.8. The Kier molecular flexibility index (Phi) is 6.52. The van der Waals surface area contributed by atoms with E-state index in [4.69, 9.17) is 4.74 Å². The van der Waals surface area contributed by atoms with E-state index in [0.29, 0.717) is 26.1 Å². The maximum atomic E-state index is 13.0. The second kappa shape index (κ2) is 9.07. The third kappa shape index (κ3) is 5.34. The highest BCUT2D eigenvalue weighted by Crippen LogP contribution is 2.30. The Morgan fingerprint density at radius 3 is 2.41 bits per heavy atom. The zero-order valence-corrected chi connectivity index (χ0v) is 16.9. The molecule has 0 aromatic heterocycles. The molecule has 2 amide bonds. The summed E-state index contributed by atoms with van der Waals surface area (Å²) in [4.78, 5) is 27.4. The molecule has 1 unspecified atom stereocenters. The van der Waals surface area contributed by atoms with Crippen LogP contribution in [0.1, 0.15) is 30.9 Å². The quantitative estimate of drug-likeness (QED) is 0.812. The number of benzene rings is 2. The van der Waals surface area contributed by atoms with Crippen molar-refractivity contribution in [2.75, 3.05) is 20.2 Å². The van der Waals surface area contributed by atoms with Crippen molar-refractivity contribution in [1.29, 1.82) is 0 Å². The highest BCUT2D eigenvalue weighted by Gasteiger charge is 2.39. The van der Waals surface area contributed by atoms with Gasteiger partial charge in [0.25, 0.3) is 0 Å². The summed E-state index contributed by atoms with van der Waals surface area (Å²) >= 11 is 0. The number of likely N-dealkylation sites (tertiary alicyclic amines) is 1. The number of hydrogen-bond acceptors (Lipinski definition) is 3. The van der Waals surface area contributed by atoms with E-state index in [2.05, 4.69) is 5.32 Å². The molecular formula is C23H27FN2O3. The Hall–Kier alpha value is -2.89. The number of piperidine rings is 1. The molecule has 0 spiro atoms. The molecule has 1 heterocycles. The number of amides is 2. The number of carbonyl (C=O) groups is 2. The first-order chi connectivity index (χ1) is 13.9. The summed E-state index contributed by atoms with van der Waals surface area (Å²) in [5.41, 5.74) is 1.13. The van der Waals surface area contributed by atoms with Crippen LogP contribution in [0.2, 0.25) is 0 Å². The molecule has 0 radical (unpaired) electrons. The minimum atomic E-state index is -0.631. The highest BCUT2D eigenvalue weighted by atomic mass is 19.1. The predicted molar refractivity (Wildman–Crippen MR) is 109 cm³/mol. The highest BCUT2D eigenvalue weighted by molar-refractivity contribution is 5.84. The number of nitrogens with one attached hydrogen (secondary N) is 1. The maximum absolute atomic E-state index is 13.0. The second-order valence-corrected chi connectivity index (χ2v) is 7.81. The van der Waals surface area contributed by atoms with Crippen LogP contribution in [-0.2, 0) is 22.6 Å². The van der Waals surface area contributed by atoms with Gasteiger partial charge in [0, 0.05) is 19.6 Å². The van der Waals surface area contributed by atoms with Crippen LogP contribution in [-0.4, -0.2) is 36.9 Å². The van der Waals surface area contributed by atoms with E-state index in [0.717, 1.165) is 29.7 Å². The number of methoxy groups -OCH3 is 1. The molecule has 1 fully saturated rings. The van der Waals surface area contributed by atoms with Gasteiger partial charge in [-0.05, 0) is 55.2 Å². The van der Waals surface area contributed by atoms with Crippen LogP contribution in [0.15, 0.2) is 48.5 Å². The number of carbonyl (C=O) groups excluding carboxylic acids is 2. The summed E-state index contributed by atoms with van der Waals surface area (Å²) in [6, 6.07) is 13.5. The molecule has 0 bridgehead atoms. The Morgan fingerprint density at radius 2 is 1.76 bits per heavy atom. The van der Waals surface area contributed by atoms with E-state index in [1.807, 2.05) is 31.2 Å². The topological polar surface area (TPSA) is 58.6 Å². The van der Waals surface area contributed by atoms with Crippen molar-refractivity contribution in [3.63, 3.8) is 0 Å². The van der Waals surface area contributed by atoms with E-state index < -0.39 is 5.41 Å². The Balaban J connectivity index is 1.57. The van der Waals surface area contributed by atoms with Gasteiger partial charge in [-0.2, -0.15) is 0 Å². The molecule has 2 aromatic carbocycles. The molecule has 0 saturated carbocycles. The normalized spacial score (nSPS) is 18.9. The summed E-state index contributed by atoms with van der Waals surface area (Å²) in [5.74, 6) is 0.395. The molecule has 0 aliphatic carbocycles. The van der Waals surface area contributed by atoms with Gasteiger partial charge in [-0.3, -0.25) is 9.59 Å². The van der Waals surface area contributed by atoms with Crippen LogP contribution in [0, 0.1) is 11.2 Å². The Labute approximate surface area is 170 Å². The molecule has 2 aromatic rings. The number of rotatable bonds is 6. The van der Waals surface area contributed by atoms with E-state index in [1.54, 1.807) is 24.1 Å². The summed E-state index contributed by atoms with van der Waals surface area (Å²) in [5, 5.41) is 2.94. The smallest absolute Gasteiger partial charge is 0.227 e. The van der Waals surface area contributed by atoms with Crippen LogP contribution in [0.3, 0.4) is 0 Å². The van der Waals surface area contributed by atoms with E-state index in [1.165, 1.54) is 12.1 Å². The molecule has 1 aliphatic heterocycles. The van der Waals surface area contributed by atoms with Crippen molar-refractivity contribution in [2.24, 2.45) is 5.41 Å². The fourth-order valence-electron chi connectivity index (χ4n) is 3.67. The minimum absolute atomic E-state index is 0.0208. The standard InChI is InChI=1S/C23H27FN2O3/c1-23(22(28)25-15-18-4-8-19(24)9-5-18)12-3-13-26(16-23)21(27)14-17-6-10-20(29-2)11-7-17/h4-11H,3,12-16H2,1-2H3,(H,25,28). The molecular weight excluding hydrogens is 371 g/mol. The summed E-state index contributed by atoms with van der Waals surface area (Å²) in [6.07, 6.45) is 1.82. The second-order valence-electron chi connectivity index (χ2n) is 7.81. The van der Waals surface area contributed by atoms with Crippen molar-refractivity contribution in [2.45, 2.75) is 32.7 Å². The number of nitrogens with zero attached hydrogens (tertiary/aromatic N) is 1. The number of halogens is 1. The van der Waals surface area contributed by atoms with Crippen molar-refractivity contribution < 1.29 is 18.7 Å². The average molecular weight is 398 g/mol. The minimum Gasteiger partial charge on any atom is -0.497 e. The lowest BCUT2D eigenvalue weighted by Crippen LogP contribution is -2.52. The zero-order valence-electron chi connectivity index (χ0n) is 16.9. The fraction of sp³-hybridized carbons (Fsp3) is 0.391. The molecule has 1 saturated heterocycles. The Bertz CT molecular complexity index is 851. The lowest BCUT2D eigenvalue weighted by molar-refractivity contribution is -0.140. The average Bonchev–Trinajstić information content (AvgIpc) is 2.73. The van der Waals surface area contributed by atoms with Gasteiger partial charge in [0.1, 0.15) is 11.6 Å². The lowest BCUT2D eigenvalue weighted by atomic mass is 9.80. The SMILES string of the molecule is COc1ccc(CC(=O)N2CCCC(C)(C(=O)NCc3ccc(F)cc3)C2)cc1. The van der Waals surface area contributed by atoms with Gasteiger partial charge in [-0.25, -0.2) is 4.39 Å². The van der Waals surface area contributed by atoms with Crippen LogP contribution in [0.5, 0.6) is 5.75 Å². The molecule has 29 heavy (non-hydrogen) atoms. The lowest BCUT2D eigenvalue weighted by Gasteiger charge is -2.39. The van der Waals surface area contributed by atoms with Gasteiger partial charge in [-0.1, -0.05) is 24.3 Å². The first-order valence-corrected chi connectivity index (χ1v) is 9.83. The number of hydrogen-bond donors (Lipinski definition) is 1. The van der Waals surface area contributed by atoms with Gasteiger partial charge in [0.15, 0.2) is 0 Å². The molecule has 5 nitrogen and oxygen atoms in total. The van der Waals surface area contributed by atoms with Crippen molar-refractivity contribution in [3.8, 4) is 5.75 Å². The van der Waals surface area contributed by atoms with Crippen molar-refractivity contribution in [3.05, 3.63) is 65.5 Å². The molecule has 6 heteroatoms. The first-order valence-electron chi connectivity index (χ1n) is 9.83. The molecule has 154 valence electrons. The molecule has 1 N–H and O–H groups in total. The van der Waals surface area contributed by atoms with E-state index in [9.17, 15) is 14.0 Å². The third-order valence-electron chi connectivity index (χ3n) is 5.48. The van der Waals surface area contributed by atoms with Crippen LogP contribution in [0.25, 0.3) is 0 Å². The zero-order chi connectivity index (χ0) is 20.9. The van der Waals surface area contributed by atoms with E-state index >= 15 is 0 Å². The van der Waals surface area contributed by atoms with Crippen LogP contribution >= 0.6 is 0 Å². The van der Waals surface area contributed by atoms with Crippen molar-refractivity contribution in [1.82, 2.24) is 10.2 Å². The predicted octanol–water partition coefficient (Wildman–Crippen LogP) is 3.32. The van der Waals surface area contributed by atoms with Crippen LogP contribution in [0.4, 0.5) is 4.39 Å².